The number of hydrogen-bond acceptors (Lipinski definition) is 2. The number of nitrogens with zero attached hydrogens (tertiary/aromatic N) is 1. The van der Waals surface area contributed by atoms with Crippen molar-refractivity contribution in [3.8, 4) is 0 Å². The van der Waals surface area contributed by atoms with Crippen molar-refractivity contribution >= 4 is 0 Å². The Morgan fingerprint density at radius 3 is 2.35 bits per heavy atom. The quantitative estimate of drug-likeness (QED) is 0.815. The molecule has 0 aliphatic heterocycles. The Hall–Kier alpha value is -0.0800. The molecule has 0 saturated heterocycles. The molecule has 2 aliphatic carbocycles. The maximum absolute atomic E-state index is 10.4. The van der Waals surface area contributed by atoms with Crippen LogP contribution in [0.4, 0.5) is 0 Å². The molecule has 2 aliphatic rings. The first kappa shape index (κ1) is 13.4. The van der Waals surface area contributed by atoms with Crippen molar-refractivity contribution < 1.29 is 5.11 Å². The van der Waals surface area contributed by atoms with Gasteiger partial charge in [-0.15, -0.1) is 0 Å². The van der Waals surface area contributed by atoms with E-state index in [9.17, 15) is 5.11 Å². The van der Waals surface area contributed by atoms with E-state index >= 15 is 0 Å². The molecule has 2 nitrogen and oxygen atoms in total. The van der Waals surface area contributed by atoms with Gasteiger partial charge in [0.05, 0.1) is 6.10 Å². The molecule has 2 saturated carbocycles. The summed E-state index contributed by atoms with van der Waals surface area (Å²) in [6.07, 6.45) is 6.41. The van der Waals surface area contributed by atoms with E-state index in [1.807, 2.05) is 0 Å². The van der Waals surface area contributed by atoms with Crippen LogP contribution in [0.3, 0.4) is 0 Å². The van der Waals surface area contributed by atoms with Gasteiger partial charge in [-0.25, -0.2) is 0 Å². The molecule has 0 aromatic heterocycles. The van der Waals surface area contributed by atoms with Crippen LogP contribution in [0, 0.1) is 17.8 Å². The molecular formula is C15H29NO. The second-order valence-electron chi connectivity index (χ2n) is 6.50. The highest BCUT2D eigenvalue weighted by molar-refractivity contribution is 4.90. The zero-order valence-corrected chi connectivity index (χ0v) is 11.7. The van der Waals surface area contributed by atoms with Crippen LogP contribution in [0.5, 0.6) is 0 Å². The van der Waals surface area contributed by atoms with Crippen LogP contribution in [0.15, 0.2) is 0 Å². The van der Waals surface area contributed by atoms with Gasteiger partial charge in [0.15, 0.2) is 0 Å². The van der Waals surface area contributed by atoms with Crippen LogP contribution in [0.2, 0.25) is 0 Å². The summed E-state index contributed by atoms with van der Waals surface area (Å²) in [7, 11) is 0. The van der Waals surface area contributed by atoms with E-state index in [1.54, 1.807) is 0 Å². The van der Waals surface area contributed by atoms with E-state index in [0.29, 0.717) is 17.9 Å². The van der Waals surface area contributed by atoms with E-state index in [1.165, 1.54) is 32.2 Å². The van der Waals surface area contributed by atoms with E-state index < -0.39 is 0 Å². The van der Waals surface area contributed by atoms with Crippen molar-refractivity contribution in [2.24, 2.45) is 17.8 Å². The highest BCUT2D eigenvalue weighted by Gasteiger charge is 2.37. The molecule has 2 heteroatoms. The summed E-state index contributed by atoms with van der Waals surface area (Å²) < 4.78 is 0. The third kappa shape index (κ3) is 3.03. The Bertz CT molecular complexity index is 227. The van der Waals surface area contributed by atoms with Gasteiger partial charge in [0.1, 0.15) is 0 Å². The van der Waals surface area contributed by atoms with Gasteiger partial charge in [-0.1, -0.05) is 27.2 Å². The molecule has 4 unspecified atom stereocenters. The maximum atomic E-state index is 10.4. The minimum atomic E-state index is -0.103. The normalized spacial score (nSPS) is 39.4. The average Bonchev–Trinajstić information content (AvgIpc) is 2.18. The summed E-state index contributed by atoms with van der Waals surface area (Å²) in [5.74, 6) is 2.25. The molecule has 0 radical (unpaired) electrons. The second kappa shape index (κ2) is 5.71. The van der Waals surface area contributed by atoms with Crippen LogP contribution in [0.25, 0.3) is 0 Å². The average molecular weight is 239 g/mol. The van der Waals surface area contributed by atoms with Gasteiger partial charge < -0.3 is 5.11 Å². The lowest BCUT2D eigenvalue weighted by atomic mass is 9.76. The minimum Gasteiger partial charge on any atom is -0.391 e. The lowest BCUT2D eigenvalue weighted by Gasteiger charge is -2.45. The molecule has 2 rings (SSSR count). The van der Waals surface area contributed by atoms with E-state index in [4.69, 9.17) is 0 Å². The fourth-order valence-electron chi connectivity index (χ4n) is 3.87. The number of likely N-dealkylation sites (N-methyl/N-ethyl adjacent to an activating group) is 1. The lowest BCUT2D eigenvalue weighted by molar-refractivity contribution is -0.0321. The standard InChI is InChI=1S/C15H29NO/c1-4-16(10-13-6-5-7-13)15-12(3)8-11(2)9-14(15)17/h11-15,17H,4-10H2,1-3H3. The third-order valence-corrected chi connectivity index (χ3v) is 4.94. The summed E-state index contributed by atoms with van der Waals surface area (Å²) in [6.45, 7) is 9.16. The van der Waals surface area contributed by atoms with Gasteiger partial charge in [0.2, 0.25) is 0 Å². The molecule has 17 heavy (non-hydrogen) atoms. The molecular weight excluding hydrogens is 210 g/mol. The monoisotopic (exact) mass is 239 g/mol. The SMILES string of the molecule is CCN(CC1CCC1)C1C(C)CC(C)CC1O. The third-order valence-electron chi connectivity index (χ3n) is 4.94. The Labute approximate surface area is 106 Å². The Morgan fingerprint density at radius 2 is 1.88 bits per heavy atom. The van der Waals surface area contributed by atoms with Crippen molar-refractivity contribution in [2.45, 2.75) is 65.0 Å². The lowest BCUT2D eigenvalue weighted by Crippen LogP contribution is -2.52. The molecule has 4 atom stereocenters. The summed E-state index contributed by atoms with van der Waals surface area (Å²) in [5, 5.41) is 10.4. The zero-order chi connectivity index (χ0) is 12.4. The van der Waals surface area contributed by atoms with Crippen molar-refractivity contribution in [3.63, 3.8) is 0 Å². The summed E-state index contributed by atoms with van der Waals surface area (Å²) in [6, 6.07) is 0.414. The summed E-state index contributed by atoms with van der Waals surface area (Å²) in [5.41, 5.74) is 0. The summed E-state index contributed by atoms with van der Waals surface area (Å²) in [4.78, 5) is 2.56. The molecule has 0 aromatic carbocycles. The van der Waals surface area contributed by atoms with Gasteiger partial charge in [-0.3, -0.25) is 4.90 Å². The van der Waals surface area contributed by atoms with Crippen molar-refractivity contribution in [1.29, 1.82) is 0 Å². The number of aliphatic hydroxyl groups excluding tert-OH is 1. The number of aliphatic hydroxyl groups is 1. The van der Waals surface area contributed by atoms with Gasteiger partial charge in [0.25, 0.3) is 0 Å². The Morgan fingerprint density at radius 1 is 1.18 bits per heavy atom. The fourth-order valence-corrected chi connectivity index (χ4v) is 3.87. The van der Waals surface area contributed by atoms with Crippen LogP contribution >= 0.6 is 0 Å². The molecule has 0 aromatic rings. The molecule has 0 bridgehead atoms. The molecule has 0 amide bonds. The van der Waals surface area contributed by atoms with Crippen LogP contribution in [-0.4, -0.2) is 35.2 Å². The predicted molar refractivity (Wildman–Crippen MR) is 71.9 cm³/mol. The molecule has 0 heterocycles. The first-order chi connectivity index (χ1) is 8.11. The van der Waals surface area contributed by atoms with Gasteiger partial charge in [-0.2, -0.15) is 0 Å². The molecule has 0 spiro atoms. The maximum Gasteiger partial charge on any atom is 0.0700 e. The molecule has 2 fully saturated rings. The second-order valence-corrected chi connectivity index (χ2v) is 6.50. The van der Waals surface area contributed by atoms with E-state index in [0.717, 1.165) is 18.9 Å². The van der Waals surface area contributed by atoms with Crippen LogP contribution in [0.1, 0.15) is 52.9 Å². The Kier molecular flexibility index (Phi) is 4.48. The van der Waals surface area contributed by atoms with Gasteiger partial charge in [0, 0.05) is 12.6 Å². The van der Waals surface area contributed by atoms with Crippen molar-refractivity contribution in [2.75, 3.05) is 13.1 Å². The smallest absolute Gasteiger partial charge is 0.0700 e. The number of rotatable bonds is 4. The van der Waals surface area contributed by atoms with Gasteiger partial charge in [-0.05, 0) is 50.0 Å². The van der Waals surface area contributed by atoms with Crippen molar-refractivity contribution in [3.05, 3.63) is 0 Å². The zero-order valence-electron chi connectivity index (χ0n) is 11.7. The molecule has 1 N–H and O–H groups in total. The fraction of sp³-hybridized carbons (Fsp3) is 1.00. The van der Waals surface area contributed by atoms with E-state index in [2.05, 4.69) is 25.7 Å². The first-order valence-electron chi connectivity index (χ1n) is 7.54. The van der Waals surface area contributed by atoms with Crippen LogP contribution in [-0.2, 0) is 0 Å². The predicted octanol–water partition coefficient (Wildman–Crippen LogP) is 2.90. The number of hydrogen-bond donors (Lipinski definition) is 1. The Balaban J connectivity index is 1.95. The topological polar surface area (TPSA) is 23.5 Å². The van der Waals surface area contributed by atoms with E-state index in [-0.39, 0.29) is 6.10 Å². The van der Waals surface area contributed by atoms with Crippen LogP contribution < -0.4 is 0 Å². The van der Waals surface area contributed by atoms with Crippen molar-refractivity contribution in [1.82, 2.24) is 4.90 Å². The first-order valence-corrected chi connectivity index (χ1v) is 7.54. The largest absolute Gasteiger partial charge is 0.391 e. The highest BCUT2D eigenvalue weighted by Crippen LogP contribution is 2.34. The van der Waals surface area contributed by atoms with Gasteiger partial charge >= 0.3 is 0 Å². The highest BCUT2D eigenvalue weighted by atomic mass is 16.3. The minimum absolute atomic E-state index is 0.103. The summed E-state index contributed by atoms with van der Waals surface area (Å²) >= 11 is 0. The molecule has 100 valence electrons.